The summed E-state index contributed by atoms with van der Waals surface area (Å²) in [5.74, 6) is -0.508. The lowest BCUT2D eigenvalue weighted by Crippen LogP contribution is -2.38. The number of hydrogen-bond acceptors (Lipinski definition) is 4. The average Bonchev–Trinajstić information content (AvgIpc) is 3.26. The summed E-state index contributed by atoms with van der Waals surface area (Å²) < 4.78 is 5.15. The molecule has 128 valence electrons. The highest BCUT2D eigenvalue weighted by Gasteiger charge is 2.24. The summed E-state index contributed by atoms with van der Waals surface area (Å²) >= 11 is 1.54. The van der Waals surface area contributed by atoms with E-state index in [0.717, 1.165) is 22.9 Å². The van der Waals surface area contributed by atoms with Crippen LogP contribution in [0.15, 0.2) is 41.1 Å². The van der Waals surface area contributed by atoms with Gasteiger partial charge in [-0.15, -0.1) is 0 Å². The number of aromatic nitrogens is 1. The van der Waals surface area contributed by atoms with Gasteiger partial charge in [-0.05, 0) is 28.5 Å². The zero-order chi connectivity index (χ0) is 17.2. The molecule has 0 saturated heterocycles. The first-order chi connectivity index (χ1) is 12.2. The Balaban J connectivity index is 1.38. The molecule has 6 heteroatoms. The maximum Gasteiger partial charge on any atom is 0.310 e. The van der Waals surface area contributed by atoms with Crippen molar-refractivity contribution in [3.63, 3.8) is 0 Å². The number of carbonyl (C=O) groups is 2. The van der Waals surface area contributed by atoms with Gasteiger partial charge in [-0.25, -0.2) is 0 Å². The number of nitrogens with one attached hydrogen (secondary N) is 1. The normalized spacial score (nSPS) is 13.7. The van der Waals surface area contributed by atoms with Gasteiger partial charge in [0.1, 0.15) is 0 Å². The molecule has 1 aliphatic rings. The van der Waals surface area contributed by atoms with E-state index in [2.05, 4.69) is 11.1 Å². The molecule has 1 amide bonds. The van der Waals surface area contributed by atoms with Gasteiger partial charge in [0.05, 0.1) is 6.42 Å². The van der Waals surface area contributed by atoms with E-state index in [1.54, 1.807) is 4.90 Å². The second-order valence-corrected chi connectivity index (χ2v) is 6.94. The standard InChI is InChI=1S/C19H18N2O3S/c22-18(11-24-19(23)9-13-6-8-25-12-13)21-7-5-17-15(10-21)14-3-1-2-4-16(14)20-17/h1-4,6,8,12,20H,5,7,9-11H2. The highest BCUT2D eigenvalue weighted by atomic mass is 32.1. The number of hydrogen-bond donors (Lipinski definition) is 1. The molecule has 0 bridgehead atoms. The van der Waals surface area contributed by atoms with E-state index in [9.17, 15) is 9.59 Å². The minimum Gasteiger partial charge on any atom is -0.455 e. The monoisotopic (exact) mass is 354 g/mol. The lowest BCUT2D eigenvalue weighted by atomic mass is 10.0. The van der Waals surface area contributed by atoms with Gasteiger partial charge < -0.3 is 14.6 Å². The first-order valence-corrected chi connectivity index (χ1v) is 9.18. The largest absolute Gasteiger partial charge is 0.455 e. The number of esters is 1. The van der Waals surface area contributed by atoms with Crippen LogP contribution in [0.1, 0.15) is 16.8 Å². The van der Waals surface area contributed by atoms with Crippen molar-refractivity contribution in [3.8, 4) is 0 Å². The number of benzene rings is 1. The summed E-state index contributed by atoms with van der Waals surface area (Å²) in [5, 5.41) is 4.98. The van der Waals surface area contributed by atoms with E-state index in [1.165, 1.54) is 22.6 Å². The first kappa shape index (κ1) is 15.9. The van der Waals surface area contributed by atoms with Crippen LogP contribution in [0.3, 0.4) is 0 Å². The summed E-state index contributed by atoms with van der Waals surface area (Å²) in [7, 11) is 0. The van der Waals surface area contributed by atoms with Crippen LogP contribution >= 0.6 is 11.3 Å². The van der Waals surface area contributed by atoms with Crippen LogP contribution in [0.4, 0.5) is 0 Å². The van der Waals surface area contributed by atoms with E-state index >= 15 is 0 Å². The fraction of sp³-hybridized carbons (Fsp3) is 0.263. The van der Waals surface area contributed by atoms with Crippen molar-refractivity contribution in [3.05, 3.63) is 57.9 Å². The summed E-state index contributed by atoms with van der Waals surface area (Å²) in [4.78, 5) is 29.4. The Hall–Kier alpha value is -2.60. The van der Waals surface area contributed by atoms with Crippen LogP contribution in [0.5, 0.6) is 0 Å². The molecule has 0 atom stereocenters. The first-order valence-electron chi connectivity index (χ1n) is 8.23. The van der Waals surface area contributed by atoms with Gasteiger partial charge in [0.2, 0.25) is 0 Å². The fourth-order valence-corrected chi connectivity index (χ4v) is 3.89. The van der Waals surface area contributed by atoms with Gasteiger partial charge in [0, 0.05) is 41.7 Å². The van der Waals surface area contributed by atoms with Crippen molar-refractivity contribution in [2.24, 2.45) is 0 Å². The summed E-state index contributed by atoms with van der Waals surface area (Å²) in [5.41, 5.74) is 4.38. The summed E-state index contributed by atoms with van der Waals surface area (Å²) in [6.45, 7) is 1.00. The Labute approximate surface area is 149 Å². The number of carbonyl (C=O) groups excluding carboxylic acids is 2. The number of ether oxygens (including phenoxy) is 1. The maximum absolute atomic E-state index is 12.4. The van der Waals surface area contributed by atoms with Crippen LogP contribution in [0.2, 0.25) is 0 Å². The highest BCUT2D eigenvalue weighted by molar-refractivity contribution is 7.08. The van der Waals surface area contributed by atoms with Crippen LogP contribution in [-0.2, 0) is 33.7 Å². The molecule has 3 aromatic rings. The Bertz CT molecular complexity index is 914. The Morgan fingerprint density at radius 3 is 2.96 bits per heavy atom. The average molecular weight is 354 g/mol. The minimum absolute atomic E-state index is 0.144. The summed E-state index contributed by atoms with van der Waals surface area (Å²) in [6.07, 6.45) is 1.00. The molecule has 5 nitrogen and oxygen atoms in total. The number of H-pyrrole nitrogens is 1. The van der Waals surface area contributed by atoms with E-state index < -0.39 is 0 Å². The number of rotatable bonds is 4. The van der Waals surface area contributed by atoms with E-state index in [4.69, 9.17) is 4.74 Å². The van der Waals surface area contributed by atoms with E-state index in [0.29, 0.717) is 13.1 Å². The van der Waals surface area contributed by atoms with Crippen molar-refractivity contribution >= 4 is 34.1 Å². The fourth-order valence-electron chi connectivity index (χ4n) is 3.22. The molecule has 4 rings (SSSR count). The van der Waals surface area contributed by atoms with Gasteiger partial charge >= 0.3 is 5.97 Å². The molecule has 0 saturated carbocycles. The number of thiophene rings is 1. The molecular weight excluding hydrogens is 336 g/mol. The number of para-hydroxylation sites is 1. The second-order valence-electron chi connectivity index (χ2n) is 6.16. The molecule has 25 heavy (non-hydrogen) atoms. The van der Waals surface area contributed by atoms with Crippen LogP contribution in [0, 0.1) is 0 Å². The lowest BCUT2D eigenvalue weighted by Gasteiger charge is -2.27. The van der Waals surface area contributed by atoms with Crippen molar-refractivity contribution < 1.29 is 14.3 Å². The van der Waals surface area contributed by atoms with Crippen molar-refractivity contribution in [1.29, 1.82) is 0 Å². The summed E-state index contributed by atoms with van der Waals surface area (Å²) in [6, 6.07) is 10.0. The number of nitrogens with zero attached hydrogens (tertiary/aromatic N) is 1. The number of aromatic amines is 1. The molecule has 0 fully saturated rings. The number of fused-ring (bicyclic) bond motifs is 3. The van der Waals surface area contributed by atoms with E-state index in [1.807, 2.05) is 35.0 Å². The lowest BCUT2D eigenvalue weighted by molar-refractivity contribution is -0.151. The van der Waals surface area contributed by atoms with Crippen LogP contribution in [0.25, 0.3) is 10.9 Å². The molecule has 0 spiro atoms. The van der Waals surface area contributed by atoms with Crippen molar-refractivity contribution in [2.75, 3.05) is 13.2 Å². The predicted octanol–water partition coefficient (Wildman–Crippen LogP) is 2.90. The molecule has 1 N–H and O–H groups in total. The smallest absolute Gasteiger partial charge is 0.310 e. The molecule has 0 aliphatic carbocycles. The van der Waals surface area contributed by atoms with Gasteiger partial charge in [-0.2, -0.15) is 11.3 Å². The predicted molar refractivity (Wildman–Crippen MR) is 96.4 cm³/mol. The molecule has 2 aromatic heterocycles. The quantitative estimate of drug-likeness (QED) is 0.733. The highest BCUT2D eigenvalue weighted by Crippen LogP contribution is 2.27. The van der Waals surface area contributed by atoms with Crippen LogP contribution in [-0.4, -0.2) is 34.9 Å². The molecule has 1 aromatic carbocycles. The topological polar surface area (TPSA) is 62.4 Å². The Kier molecular flexibility index (Phi) is 4.28. The third-order valence-electron chi connectivity index (χ3n) is 4.52. The molecule has 3 heterocycles. The second kappa shape index (κ2) is 6.72. The Morgan fingerprint density at radius 2 is 2.12 bits per heavy atom. The zero-order valence-electron chi connectivity index (χ0n) is 13.7. The molecule has 1 aliphatic heterocycles. The van der Waals surface area contributed by atoms with Crippen molar-refractivity contribution in [1.82, 2.24) is 9.88 Å². The molecule has 0 unspecified atom stereocenters. The third-order valence-corrected chi connectivity index (χ3v) is 5.25. The van der Waals surface area contributed by atoms with Crippen LogP contribution < -0.4 is 0 Å². The SMILES string of the molecule is O=C(Cc1ccsc1)OCC(=O)N1CCc2[nH]c3ccccc3c2C1. The Morgan fingerprint density at radius 1 is 1.24 bits per heavy atom. The van der Waals surface area contributed by atoms with Gasteiger partial charge in [-0.3, -0.25) is 9.59 Å². The van der Waals surface area contributed by atoms with Gasteiger partial charge in [0.25, 0.3) is 5.91 Å². The minimum atomic E-state index is -0.364. The van der Waals surface area contributed by atoms with Crippen molar-refractivity contribution in [2.45, 2.75) is 19.4 Å². The number of amides is 1. The van der Waals surface area contributed by atoms with E-state index in [-0.39, 0.29) is 24.9 Å². The van der Waals surface area contributed by atoms with Gasteiger partial charge in [-0.1, -0.05) is 18.2 Å². The third kappa shape index (κ3) is 3.30. The maximum atomic E-state index is 12.4. The molecule has 0 radical (unpaired) electrons. The van der Waals surface area contributed by atoms with Gasteiger partial charge in [0.15, 0.2) is 6.61 Å². The molecular formula is C19H18N2O3S. The zero-order valence-corrected chi connectivity index (χ0v) is 14.5.